The van der Waals surface area contributed by atoms with Crippen LogP contribution in [0, 0.1) is 20.8 Å². The summed E-state index contributed by atoms with van der Waals surface area (Å²) in [4.78, 5) is 1.80. The van der Waals surface area contributed by atoms with Crippen molar-refractivity contribution in [3.05, 3.63) is 95.6 Å². The van der Waals surface area contributed by atoms with E-state index in [-0.39, 0.29) is 17.2 Å². The molecule has 0 aliphatic rings. The monoisotopic (exact) mass is 427 g/mol. The molecular weight excluding hydrogens is 402 g/mol. The van der Waals surface area contributed by atoms with E-state index in [9.17, 15) is 15.3 Å². The van der Waals surface area contributed by atoms with Crippen LogP contribution >= 0.6 is 0 Å². The fourth-order valence-electron chi connectivity index (χ4n) is 3.56. The zero-order valence-electron chi connectivity index (χ0n) is 18.2. The highest BCUT2D eigenvalue weighted by molar-refractivity contribution is 5.83. The van der Waals surface area contributed by atoms with Crippen LogP contribution in [-0.4, -0.2) is 15.3 Å². The number of hydrogen-bond acceptors (Lipinski definition) is 5. The largest absolute Gasteiger partial charge is 0.508 e. The van der Waals surface area contributed by atoms with Gasteiger partial charge < -0.3 is 25.0 Å². The van der Waals surface area contributed by atoms with Gasteiger partial charge in [-0.3, -0.25) is 0 Å². The Hall–Kier alpha value is -4.12. The summed E-state index contributed by atoms with van der Waals surface area (Å²) >= 11 is 0. The van der Waals surface area contributed by atoms with Gasteiger partial charge in [-0.25, -0.2) is 0 Å². The molecule has 0 aliphatic heterocycles. The maximum atomic E-state index is 10.7. The molecule has 4 rings (SSSR count). The minimum absolute atomic E-state index is 0.112. The standard InChI is InChI=1S/C27H25NO4/c1-17-7-13-22(25(30)15-17)28(23-14-8-18(2)16-26(23)31)20-9-11-21(12-10-20)32-27-6-4-5-24(29)19(27)3/h4-16,29-31H,1-3H3. The van der Waals surface area contributed by atoms with Crippen LogP contribution in [-0.2, 0) is 0 Å². The minimum atomic E-state index is 0.112. The Morgan fingerprint density at radius 1 is 0.625 bits per heavy atom. The molecular formula is C27H25NO4. The third-order valence-corrected chi connectivity index (χ3v) is 5.32. The van der Waals surface area contributed by atoms with Gasteiger partial charge in [-0.1, -0.05) is 18.2 Å². The molecule has 4 aromatic carbocycles. The first kappa shape index (κ1) is 21.1. The van der Waals surface area contributed by atoms with E-state index >= 15 is 0 Å². The molecule has 0 unspecified atom stereocenters. The molecule has 0 saturated heterocycles. The third kappa shape index (κ3) is 4.18. The van der Waals surface area contributed by atoms with Crippen LogP contribution in [0.3, 0.4) is 0 Å². The number of phenols is 3. The second-order valence-electron chi connectivity index (χ2n) is 7.82. The van der Waals surface area contributed by atoms with Gasteiger partial charge >= 0.3 is 0 Å². The Bertz CT molecular complexity index is 1210. The summed E-state index contributed by atoms with van der Waals surface area (Å²) in [6.07, 6.45) is 0. The van der Waals surface area contributed by atoms with Crippen molar-refractivity contribution in [2.45, 2.75) is 20.8 Å². The zero-order valence-corrected chi connectivity index (χ0v) is 18.2. The Balaban J connectivity index is 1.75. The summed E-state index contributed by atoms with van der Waals surface area (Å²) in [6.45, 7) is 5.61. The number of nitrogens with zero attached hydrogens (tertiary/aromatic N) is 1. The zero-order chi connectivity index (χ0) is 22.8. The number of anilines is 3. The average molecular weight is 428 g/mol. The van der Waals surface area contributed by atoms with Crippen molar-refractivity contribution >= 4 is 17.1 Å². The van der Waals surface area contributed by atoms with Gasteiger partial charge in [0.2, 0.25) is 0 Å². The van der Waals surface area contributed by atoms with E-state index in [0.717, 1.165) is 16.8 Å². The SMILES string of the molecule is Cc1ccc(N(c2ccc(Oc3cccc(O)c3C)cc2)c2ccc(C)cc2O)c(O)c1. The molecule has 5 nitrogen and oxygen atoms in total. The molecule has 0 heterocycles. The van der Waals surface area contributed by atoms with Gasteiger partial charge in [0.05, 0.1) is 11.4 Å². The van der Waals surface area contributed by atoms with E-state index in [1.54, 1.807) is 42.2 Å². The summed E-state index contributed by atoms with van der Waals surface area (Å²) in [7, 11) is 0. The summed E-state index contributed by atoms with van der Waals surface area (Å²) < 4.78 is 5.94. The van der Waals surface area contributed by atoms with Gasteiger partial charge in [0, 0.05) is 11.3 Å². The topological polar surface area (TPSA) is 73.2 Å². The Kier molecular flexibility index (Phi) is 5.65. The molecule has 0 bridgehead atoms. The summed E-state index contributed by atoms with van der Waals surface area (Å²) in [5, 5.41) is 31.2. The molecule has 5 heteroatoms. The molecule has 0 radical (unpaired) electrons. The molecule has 0 amide bonds. The lowest BCUT2D eigenvalue weighted by atomic mass is 10.1. The smallest absolute Gasteiger partial charge is 0.139 e. The van der Waals surface area contributed by atoms with Crippen molar-refractivity contribution in [2.24, 2.45) is 0 Å². The molecule has 0 aromatic heterocycles. The Labute approximate surface area is 187 Å². The minimum Gasteiger partial charge on any atom is -0.508 e. The number of aromatic hydroxyl groups is 3. The Morgan fingerprint density at radius 3 is 1.72 bits per heavy atom. The van der Waals surface area contributed by atoms with Crippen molar-refractivity contribution in [3.8, 4) is 28.7 Å². The van der Waals surface area contributed by atoms with E-state index in [1.165, 1.54) is 0 Å². The fraction of sp³-hybridized carbons (Fsp3) is 0.111. The van der Waals surface area contributed by atoms with Crippen LogP contribution in [0.4, 0.5) is 17.1 Å². The molecule has 0 atom stereocenters. The van der Waals surface area contributed by atoms with Crippen LogP contribution < -0.4 is 9.64 Å². The van der Waals surface area contributed by atoms with Crippen molar-refractivity contribution in [2.75, 3.05) is 4.90 Å². The van der Waals surface area contributed by atoms with Gasteiger partial charge in [-0.2, -0.15) is 0 Å². The van der Waals surface area contributed by atoms with Crippen LogP contribution in [0.15, 0.2) is 78.9 Å². The predicted molar refractivity (Wildman–Crippen MR) is 127 cm³/mol. The van der Waals surface area contributed by atoms with Crippen molar-refractivity contribution < 1.29 is 20.1 Å². The lowest BCUT2D eigenvalue weighted by Crippen LogP contribution is -2.10. The van der Waals surface area contributed by atoms with E-state index < -0.39 is 0 Å². The van der Waals surface area contributed by atoms with E-state index in [2.05, 4.69) is 0 Å². The van der Waals surface area contributed by atoms with Crippen molar-refractivity contribution in [3.63, 3.8) is 0 Å². The molecule has 4 aromatic rings. The number of hydrogen-bond donors (Lipinski definition) is 3. The highest BCUT2D eigenvalue weighted by Crippen LogP contribution is 2.44. The normalized spacial score (nSPS) is 10.7. The summed E-state index contributed by atoms with van der Waals surface area (Å²) in [5.41, 5.74) is 4.37. The van der Waals surface area contributed by atoms with Gasteiger partial charge in [0.15, 0.2) is 0 Å². The van der Waals surface area contributed by atoms with E-state index in [4.69, 9.17) is 4.74 Å². The maximum absolute atomic E-state index is 10.7. The van der Waals surface area contributed by atoms with Crippen LogP contribution in [0.2, 0.25) is 0 Å². The molecule has 0 aliphatic carbocycles. The second-order valence-corrected chi connectivity index (χ2v) is 7.82. The first-order valence-electron chi connectivity index (χ1n) is 10.3. The number of benzene rings is 4. The molecule has 0 saturated carbocycles. The van der Waals surface area contributed by atoms with E-state index in [0.29, 0.717) is 28.4 Å². The first-order valence-corrected chi connectivity index (χ1v) is 10.3. The number of ether oxygens (including phenoxy) is 1. The number of phenolic OH excluding ortho intramolecular Hbond substituents is 3. The first-order chi connectivity index (χ1) is 15.3. The number of aryl methyl sites for hydroxylation is 2. The van der Waals surface area contributed by atoms with Gasteiger partial charge in [0.1, 0.15) is 28.7 Å². The molecule has 0 fully saturated rings. The number of rotatable bonds is 5. The summed E-state index contributed by atoms with van der Waals surface area (Å²) in [6, 6.07) is 23.3. The van der Waals surface area contributed by atoms with Crippen molar-refractivity contribution in [1.82, 2.24) is 0 Å². The molecule has 3 N–H and O–H groups in total. The average Bonchev–Trinajstić information content (AvgIpc) is 2.75. The van der Waals surface area contributed by atoms with Gasteiger partial charge in [0.25, 0.3) is 0 Å². The highest BCUT2D eigenvalue weighted by Gasteiger charge is 2.19. The van der Waals surface area contributed by atoms with E-state index in [1.807, 2.05) is 62.4 Å². The molecule has 32 heavy (non-hydrogen) atoms. The van der Waals surface area contributed by atoms with Crippen LogP contribution in [0.5, 0.6) is 28.7 Å². The van der Waals surface area contributed by atoms with Crippen LogP contribution in [0.1, 0.15) is 16.7 Å². The molecule has 162 valence electrons. The quantitative estimate of drug-likeness (QED) is 0.320. The van der Waals surface area contributed by atoms with Crippen molar-refractivity contribution in [1.29, 1.82) is 0 Å². The lowest BCUT2D eigenvalue weighted by Gasteiger charge is -2.27. The summed E-state index contributed by atoms with van der Waals surface area (Å²) in [5.74, 6) is 1.57. The van der Waals surface area contributed by atoms with Gasteiger partial charge in [-0.05, 0) is 92.6 Å². The third-order valence-electron chi connectivity index (χ3n) is 5.32. The van der Waals surface area contributed by atoms with Gasteiger partial charge in [-0.15, -0.1) is 0 Å². The maximum Gasteiger partial charge on any atom is 0.139 e. The second kappa shape index (κ2) is 8.55. The fourth-order valence-corrected chi connectivity index (χ4v) is 3.56. The molecule has 0 spiro atoms. The highest BCUT2D eigenvalue weighted by atomic mass is 16.5. The van der Waals surface area contributed by atoms with Crippen LogP contribution in [0.25, 0.3) is 0 Å². The Morgan fingerprint density at radius 2 is 1.19 bits per heavy atom. The predicted octanol–water partition coefficient (Wildman–Crippen LogP) is 6.99. The lowest BCUT2D eigenvalue weighted by molar-refractivity contribution is 0.448.